The van der Waals surface area contributed by atoms with Gasteiger partial charge in [0.15, 0.2) is 0 Å². The molecule has 2 rings (SSSR count). The molecule has 1 aromatic carbocycles. The van der Waals surface area contributed by atoms with Gasteiger partial charge in [0.25, 0.3) is 0 Å². The average molecular weight is 304 g/mol. The van der Waals surface area contributed by atoms with Crippen molar-refractivity contribution in [2.75, 3.05) is 6.54 Å². The van der Waals surface area contributed by atoms with Crippen LogP contribution < -0.4 is 5.32 Å². The molecular weight excluding hydrogens is 292 g/mol. The van der Waals surface area contributed by atoms with Crippen LogP contribution in [0.1, 0.15) is 17.4 Å². The number of nitrogens with zero attached hydrogens (tertiary/aromatic N) is 1. The highest BCUT2D eigenvalue weighted by molar-refractivity contribution is 7.15. The van der Waals surface area contributed by atoms with Gasteiger partial charge in [-0.25, -0.2) is 9.37 Å². The molecule has 0 amide bonds. The van der Waals surface area contributed by atoms with Gasteiger partial charge in [0.1, 0.15) is 10.8 Å². The molecule has 2 aromatic rings. The first kappa shape index (κ1) is 14.9. The van der Waals surface area contributed by atoms with Crippen LogP contribution in [0.15, 0.2) is 24.4 Å². The quantitative estimate of drug-likeness (QED) is 0.861. The third kappa shape index (κ3) is 3.16. The van der Waals surface area contributed by atoms with Crippen LogP contribution in [0.4, 0.5) is 17.6 Å². The van der Waals surface area contributed by atoms with Gasteiger partial charge in [0.05, 0.1) is 5.56 Å². The van der Waals surface area contributed by atoms with Crippen molar-refractivity contribution < 1.29 is 17.6 Å². The van der Waals surface area contributed by atoms with Gasteiger partial charge in [-0.15, -0.1) is 11.3 Å². The lowest BCUT2D eigenvalue weighted by molar-refractivity contribution is -0.139. The zero-order valence-electron chi connectivity index (χ0n) is 10.6. The molecule has 0 unspecified atom stereocenters. The maximum atomic E-state index is 13.9. The molecular formula is C13H12F4N2S. The molecule has 20 heavy (non-hydrogen) atoms. The van der Waals surface area contributed by atoms with E-state index >= 15 is 0 Å². The summed E-state index contributed by atoms with van der Waals surface area (Å²) in [5, 5.41) is 3.33. The minimum atomic E-state index is -4.70. The molecule has 0 aliphatic rings. The number of thiazole rings is 1. The van der Waals surface area contributed by atoms with Gasteiger partial charge in [-0.1, -0.05) is 13.0 Å². The van der Waals surface area contributed by atoms with E-state index in [2.05, 4.69) is 10.3 Å². The van der Waals surface area contributed by atoms with Crippen molar-refractivity contribution in [3.63, 3.8) is 0 Å². The Kier molecular flexibility index (Phi) is 4.39. The van der Waals surface area contributed by atoms with E-state index in [0.29, 0.717) is 6.54 Å². The summed E-state index contributed by atoms with van der Waals surface area (Å²) in [6.45, 7) is 3.27. The first-order valence-electron chi connectivity index (χ1n) is 5.95. The summed E-state index contributed by atoms with van der Waals surface area (Å²) in [6, 6.07) is 3.22. The summed E-state index contributed by atoms with van der Waals surface area (Å²) in [5.74, 6) is -1.27. The molecule has 0 bridgehead atoms. The molecule has 0 saturated heterocycles. The van der Waals surface area contributed by atoms with Crippen LogP contribution in [0.2, 0.25) is 0 Å². The fourth-order valence-corrected chi connectivity index (χ4v) is 2.58. The Bertz CT molecular complexity index is 592. The largest absolute Gasteiger partial charge is 0.419 e. The Morgan fingerprint density at radius 3 is 2.70 bits per heavy atom. The number of alkyl halides is 3. The van der Waals surface area contributed by atoms with Crippen LogP contribution in [0.3, 0.4) is 0 Å². The maximum Gasteiger partial charge on any atom is 0.419 e. The Labute approximate surface area is 117 Å². The summed E-state index contributed by atoms with van der Waals surface area (Å²) in [7, 11) is 0. The Hall–Kier alpha value is -1.47. The molecule has 0 spiro atoms. The Morgan fingerprint density at radius 1 is 1.30 bits per heavy atom. The number of aromatic nitrogens is 1. The molecule has 0 fully saturated rings. The molecule has 0 saturated carbocycles. The lowest BCUT2D eigenvalue weighted by atomic mass is 10.1. The van der Waals surface area contributed by atoms with Gasteiger partial charge in [-0.2, -0.15) is 13.2 Å². The van der Waals surface area contributed by atoms with E-state index in [9.17, 15) is 17.6 Å². The van der Waals surface area contributed by atoms with Crippen molar-refractivity contribution in [3.05, 3.63) is 40.7 Å². The normalized spacial score (nSPS) is 11.8. The minimum absolute atomic E-state index is 0.118. The second-order valence-corrected chi connectivity index (χ2v) is 5.19. The van der Waals surface area contributed by atoms with E-state index < -0.39 is 17.6 Å². The molecule has 7 heteroatoms. The van der Waals surface area contributed by atoms with E-state index in [-0.39, 0.29) is 10.6 Å². The monoisotopic (exact) mass is 304 g/mol. The number of rotatable bonds is 4. The van der Waals surface area contributed by atoms with Gasteiger partial charge < -0.3 is 5.32 Å². The first-order valence-corrected chi connectivity index (χ1v) is 6.76. The Morgan fingerprint density at radius 2 is 2.05 bits per heavy atom. The van der Waals surface area contributed by atoms with Crippen LogP contribution in [0.5, 0.6) is 0 Å². The third-order valence-corrected chi connectivity index (χ3v) is 3.67. The summed E-state index contributed by atoms with van der Waals surface area (Å²) >= 11 is 1.18. The minimum Gasteiger partial charge on any atom is -0.312 e. The van der Waals surface area contributed by atoms with Crippen molar-refractivity contribution in [2.45, 2.75) is 19.6 Å². The lowest BCUT2D eigenvalue weighted by Gasteiger charge is -2.09. The predicted molar refractivity (Wildman–Crippen MR) is 69.9 cm³/mol. The molecule has 0 aliphatic carbocycles. The standard InChI is InChI=1S/C13H12F4N2S/c1-2-18-6-8-7-19-12(20-8)9-4-3-5-10(11(9)14)13(15,16)17/h3-5,7,18H,2,6H2,1H3. The molecule has 1 aromatic heterocycles. The topological polar surface area (TPSA) is 24.9 Å². The van der Waals surface area contributed by atoms with Gasteiger partial charge in [0.2, 0.25) is 0 Å². The van der Waals surface area contributed by atoms with Crippen LogP contribution in [-0.2, 0) is 12.7 Å². The van der Waals surface area contributed by atoms with Crippen molar-refractivity contribution in [2.24, 2.45) is 0 Å². The molecule has 1 N–H and O–H groups in total. The molecule has 1 heterocycles. The third-order valence-electron chi connectivity index (χ3n) is 2.64. The summed E-state index contributed by atoms with van der Waals surface area (Å²) in [6.07, 6.45) is -3.16. The fourth-order valence-electron chi connectivity index (χ4n) is 1.68. The van der Waals surface area contributed by atoms with Gasteiger partial charge in [-0.3, -0.25) is 0 Å². The predicted octanol–water partition coefficient (Wildman–Crippen LogP) is 4.08. The number of benzene rings is 1. The summed E-state index contributed by atoms with van der Waals surface area (Å²) in [4.78, 5) is 4.84. The number of hydrogen-bond donors (Lipinski definition) is 1. The van der Waals surface area contributed by atoms with Crippen molar-refractivity contribution in [1.82, 2.24) is 10.3 Å². The first-order chi connectivity index (χ1) is 9.43. The Balaban J connectivity index is 2.36. The fraction of sp³-hybridized carbons (Fsp3) is 0.308. The zero-order chi connectivity index (χ0) is 14.8. The summed E-state index contributed by atoms with van der Waals surface area (Å²) < 4.78 is 51.9. The lowest BCUT2D eigenvalue weighted by Crippen LogP contribution is -2.10. The van der Waals surface area contributed by atoms with Crippen LogP contribution >= 0.6 is 11.3 Å². The van der Waals surface area contributed by atoms with Gasteiger partial charge in [-0.05, 0) is 18.7 Å². The summed E-state index contributed by atoms with van der Waals surface area (Å²) in [5.41, 5.74) is -1.38. The SMILES string of the molecule is CCNCc1cnc(-c2cccc(C(F)(F)F)c2F)s1. The highest BCUT2D eigenvalue weighted by Gasteiger charge is 2.35. The van der Waals surface area contributed by atoms with Crippen molar-refractivity contribution in [1.29, 1.82) is 0 Å². The van der Waals surface area contributed by atoms with Gasteiger partial charge in [0, 0.05) is 23.2 Å². The van der Waals surface area contributed by atoms with E-state index in [1.54, 1.807) is 6.20 Å². The zero-order valence-corrected chi connectivity index (χ0v) is 11.4. The molecule has 108 valence electrons. The van der Waals surface area contributed by atoms with Gasteiger partial charge >= 0.3 is 6.18 Å². The molecule has 0 radical (unpaired) electrons. The number of nitrogens with one attached hydrogen (secondary N) is 1. The van der Waals surface area contributed by atoms with Crippen LogP contribution in [0.25, 0.3) is 10.6 Å². The maximum absolute atomic E-state index is 13.9. The molecule has 0 atom stereocenters. The van der Waals surface area contributed by atoms with E-state index in [1.807, 2.05) is 6.92 Å². The second kappa shape index (κ2) is 5.88. The van der Waals surface area contributed by atoms with E-state index in [1.165, 1.54) is 23.5 Å². The number of halogens is 4. The number of hydrogen-bond acceptors (Lipinski definition) is 3. The highest BCUT2D eigenvalue weighted by atomic mass is 32.1. The van der Waals surface area contributed by atoms with Crippen LogP contribution in [-0.4, -0.2) is 11.5 Å². The molecule has 0 aliphatic heterocycles. The van der Waals surface area contributed by atoms with E-state index in [0.717, 1.165) is 17.5 Å². The average Bonchev–Trinajstić information content (AvgIpc) is 2.83. The van der Waals surface area contributed by atoms with Crippen LogP contribution in [0, 0.1) is 5.82 Å². The van der Waals surface area contributed by atoms with E-state index in [4.69, 9.17) is 0 Å². The highest BCUT2D eigenvalue weighted by Crippen LogP contribution is 2.36. The second-order valence-electron chi connectivity index (χ2n) is 4.08. The molecule has 2 nitrogen and oxygen atoms in total. The smallest absolute Gasteiger partial charge is 0.312 e. The van der Waals surface area contributed by atoms with Crippen molar-refractivity contribution in [3.8, 4) is 10.6 Å². The van der Waals surface area contributed by atoms with Crippen molar-refractivity contribution >= 4 is 11.3 Å².